The highest BCUT2D eigenvalue weighted by Gasteiger charge is 2.05. The number of carbonyl (C=O) groups excluding carboxylic acids is 1. The number of para-hydroxylation sites is 1. The van der Waals surface area contributed by atoms with Crippen LogP contribution >= 0.6 is 0 Å². The van der Waals surface area contributed by atoms with Gasteiger partial charge in [-0.05, 0) is 25.3 Å². The van der Waals surface area contributed by atoms with Crippen molar-refractivity contribution in [3.05, 3.63) is 29.8 Å². The molecule has 0 radical (unpaired) electrons. The minimum atomic E-state index is -0.0875. The lowest BCUT2D eigenvalue weighted by molar-refractivity contribution is -0.120. The van der Waals surface area contributed by atoms with Gasteiger partial charge in [-0.1, -0.05) is 18.2 Å². The van der Waals surface area contributed by atoms with Crippen molar-refractivity contribution in [2.75, 3.05) is 13.2 Å². The lowest BCUT2D eigenvalue weighted by Crippen LogP contribution is -2.26. The molecule has 4 nitrogen and oxygen atoms in total. The highest BCUT2D eigenvalue weighted by Crippen LogP contribution is 2.15. The molecule has 0 saturated heterocycles. The summed E-state index contributed by atoms with van der Waals surface area (Å²) >= 11 is 0. The number of aromatic hydroxyl groups is 1. The third-order valence-electron chi connectivity index (χ3n) is 2.50. The van der Waals surface area contributed by atoms with Gasteiger partial charge in [-0.25, -0.2) is 0 Å². The average Bonchev–Trinajstić information content (AvgIpc) is 2.32. The molecule has 0 bridgehead atoms. The van der Waals surface area contributed by atoms with Crippen LogP contribution in [0.25, 0.3) is 0 Å². The van der Waals surface area contributed by atoms with Gasteiger partial charge >= 0.3 is 0 Å². The first-order valence-corrected chi connectivity index (χ1v) is 5.88. The van der Waals surface area contributed by atoms with Crippen LogP contribution in [0.15, 0.2) is 24.3 Å². The summed E-state index contributed by atoms with van der Waals surface area (Å²) in [6.45, 7) is 0.818. The van der Waals surface area contributed by atoms with Crippen LogP contribution in [0.1, 0.15) is 24.8 Å². The Kier molecular flexibility index (Phi) is 6.10. The van der Waals surface area contributed by atoms with E-state index in [9.17, 15) is 9.90 Å². The molecule has 1 aromatic rings. The monoisotopic (exact) mass is 237 g/mol. The van der Waals surface area contributed by atoms with Gasteiger partial charge in [-0.3, -0.25) is 4.79 Å². The van der Waals surface area contributed by atoms with E-state index in [0.717, 1.165) is 19.3 Å². The van der Waals surface area contributed by atoms with E-state index in [1.54, 1.807) is 24.3 Å². The summed E-state index contributed by atoms with van der Waals surface area (Å²) in [4.78, 5) is 11.5. The summed E-state index contributed by atoms with van der Waals surface area (Å²) in [5, 5.41) is 20.9. The van der Waals surface area contributed by atoms with E-state index in [2.05, 4.69) is 5.32 Å². The predicted molar refractivity (Wildman–Crippen MR) is 65.8 cm³/mol. The Morgan fingerprint density at radius 2 is 1.94 bits per heavy atom. The first kappa shape index (κ1) is 13.5. The minimum Gasteiger partial charge on any atom is -0.508 e. The Morgan fingerprint density at radius 3 is 2.65 bits per heavy atom. The van der Waals surface area contributed by atoms with Crippen LogP contribution in [0.3, 0.4) is 0 Å². The fourth-order valence-electron chi connectivity index (χ4n) is 1.54. The van der Waals surface area contributed by atoms with E-state index in [0.29, 0.717) is 12.1 Å². The van der Waals surface area contributed by atoms with Gasteiger partial charge in [0, 0.05) is 18.7 Å². The van der Waals surface area contributed by atoms with Crippen molar-refractivity contribution in [3.63, 3.8) is 0 Å². The molecular formula is C13H19NO3. The topological polar surface area (TPSA) is 69.6 Å². The first-order chi connectivity index (χ1) is 8.24. The number of phenolic OH excluding ortho intramolecular Hbond substituents is 1. The van der Waals surface area contributed by atoms with Crippen LogP contribution in [0.2, 0.25) is 0 Å². The van der Waals surface area contributed by atoms with E-state index in [-0.39, 0.29) is 24.7 Å². The third-order valence-corrected chi connectivity index (χ3v) is 2.50. The maximum Gasteiger partial charge on any atom is 0.224 e. The minimum absolute atomic E-state index is 0.0875. The highest BCUT2D eigenvalue weighted by molar-refractivity contribution is 5.79. The van der Waals surface area contributed by atoms with Gasteiger partial charge in [0.2, 0.25) is 5.91 Å². The van der Waals surface area contributed by atoms with Gasteiger partial charge in [-0.2, -0.15) is 0 Å². The summed E-state index contributed by atoms with van der Waals surface area (Å²) in [6, 6.07) is 6.83. The Labute approximate surface area is 101 Å². The molecule has 0 aliphatic heterocycles. The quantitative estimate of drug-likeness (QED) is 0.624. The van der Waals surface area contributed by atoms with Crippen molar-refractivity contribution in [1.82, 2.24) is 5.32 Å². The number of aliphatic hydroxyl groups excluding tert-OH is 1. The van der Waals surface area contributed by atoms with Gasteiger partial charge in [0.1, 0.15) is 5.75 Å². The summed E-state index contributed by atoms with van der Waals surface area (Å²) < 4.78 is 0. The molecule has 0 fully saturated rings. The molecule has 4 heteroatoms. The maximum atomic E-state index is 11.5. The van der Waals surface area contributed by atoms with Gasteiger partial charge in [-0.15, -0.1) is 0 Å². The largest absolute Gasteiger partial charge is 0.508 e. The van der Waals surface area contributed by atoms with Gasteiger partial charge < -0.3 is 15.5 Å². The second-order valence-electron chi connectivity index (χ2n) is 3.94. The lowest BCUT2D eigenvalue weighted by Gasteiger charge is -2.06. The van der Waals surface area contributed by atoms with Crippen LogP contribution in [-0.4, -0.2) is 29.3 Å². The van der Waals surface area contributed by atoms with Crippen molar-refractivity contribution >= 4 is 5.91 Å². The van der Waals surface area contributed by atoms with Gasteiger partial charge in [0.25, 0.3) is 0 Å². The number of phenols is 1. The lowest BCUT2D eigenvalue weighted by atomic mass is 10.1. The van der Waals surface area contributed by atoms with Crippen LogP contribution < -0.4 is 5.32 Å². The number of benzene rings is 1. The van der Waals surface area contributed by atoms with E-state index >= 15 is 0 Å². The molecule has 1 rings (SSSR count). The normalized spacial score (nSPS) is 10.2. The second-order valence-corrected chi connectivity index (χ2v) is 3.94. The first-order valence-electron chi connectivity index (χ1n) is 5.88. The van der Waals surface area contributed by atoms with E-state index in [1.807, 2.05) is 0 Å². The van der Waals surface area contributed by atoms with Crippen LogP contribution in [0, 0.1) is 0 Å². The summed E-state index contributed by atoms with van der Waals surface area (Å²) in [5.74, 6) is 0.0680. The average molecular weight is 237 g/mol. The SMILES string of the molecule is O=C(Cc1ccccc1O)NCCCCCO. The summed E-state index contributed by atoms with van der Waals surface area (Å²) in [7, 11) is 0. The molecule has 0 atom stereocenters. The molecule has 0 unspecified atom stereocenters. The summed E-state index contributed by atoms with van der Waals surface area (Å²) in [5.41, 5.74) is 0.639. The number of hydrogen-bond acceptors (Lipinski definition) is 3. The number of hydrogen-bond donors (Lipinski definition) is 3. The van der Waals surface area contributed by atoms with Crippen molar-refractivity contribution in [3.8, 4) is 5.75 Å². The number of carbonyl (C=O) groups is 1. The fourth-order valence-corrected chi connectivity index (χ4v) is 1.54. The smallest absolute Gasteiger partial charge is 0.224 e. The molecule has 0 saturated carbocycles. The summed E-state index contributed by atoms with van der Waals surface area (Å²) in [6.07, 6.45) is 2.75. The van der Waals surface area contributed by atoms with Crippen molar-refractivity contribution in [1.29, 1.82) is 0 Å². The number of nitrogens with one attached hydrogen (secondary N) is 1. The Morgan fingerprint density at radius 1 is 1.18 bits per heavy atom. The van der Waals surface area contributed by atoms with Crippen LogP contribution in [0.4, 0.5) is 0 Å². The Bertz CT molecular complexity index is 352. The predicted octanol–water partition coefficient (Wildman–Crippen LogP) is 1.21. The molecule has 0 aliphatic rings. The molecule has 17 heavy (non-hydrogen) atoms. The van der Waals surface area contributed by atoms with Gasteiger partial charge in [0.05, 0.1) is 6.42 Å². The Balaban J connectivity index is 2.23. The third kappa shape index (κ3) is 5.36. The molecule has 0 aromatic heterocycles. The zero-order chi connectivity index (χ0) is 12.5. The molecule has 0 heterocycles. The van der Waals surface area contributed by atoms with Crippen molar-refractivity contribution < 1.29 is 15.0 Å². The van der Waals surface area contributed by atoms with E-state index < -0.39 is 0 Å². The van der Waals surface area contributed by atoms with E-state index in [4.69, 9.17) is 5.11 Å². The maximum absolute atomic E-state index is 11.5. The second kappa shape index (κ2) is 7.68. The van der Waals surface area contributed by atoms with Crippen molar-refractivity contribution in [2.45, 2.75) is 25.7 Å². The Hall–Kier alpha value is -1.55. The standard InChI is InChI=1S/C13H19NO3/c15-9-5-1-4-8-14-13(17)10-11-6-2-3-7-12(11)16/h2-3,6-7,15-16H,1,4-5,8-10H2,(H,14,17). The van der Waals surface area contributed by atoms with Gasteiger partial charge in [0.15, 0.2) is 0 Å². The fraction of sp³-hybridized carbons (Fsp3) is 0.462. The molecule has 1 aromatic carbocycles. The highest BCUT2D eigenvalue weighted by atomic mass is 16.3. The zero-order valence-electron chi connectivity index (χ0n) is 9.85. The number of aliphatic hydroxyl groups is 1. The number of rotatable bonds is 7. The zero-order valence-corrected chi connectivity index (χ0v) is 9.85. The van der Waals surface area contributed by atoms with Crippen LogP contribution in [0.5, 0.6) is 5.75 Å². The molecule has 0 aliphatic carbocycles. The molecule has 94 valence electrons. The van der Waals surface area contributed by atoms with E-state index in [1.165, 1.54) is 0 Å². The van der Waals surface area contributed by atoms with Crippen molar-refractivity contribution in [2.24, 2.45) is 0 Å². The molecule has 1 amide bonds. The number of amides is 1. The number of unbranched alkanes of at least 4 members (excludes halogenated alkanes) is 2. The molecular weight excluding hydrogens is 218 g/mol. The van der Waals surface area contributed by atoms with Crippen LogP contribution in [-0.2, 0) is 11.2 Å². The molecule has 3 N–H and O–H groups in total. The molecule has 0 spiro atoms.